The number of hydrogen-bond donors (Lipinski definition) is 1. The molecule has 54 valence electrons. The van der Waals surface area contributed by atoms with Crippen molar-refractivity contribution in [3.63, 3.8) is 0 Å². The molecule has 2 heteroatoms. The average Bonchev–Trinajstić information content (AvgIpc) is 2.32. The first-order chi connectivity index (χ1) is 4.14. The van der Waals surface area contributed by atoms with Crippen LogP contribution in [0.3, 0.4) is 0 Å². The first-order valence-electron chi connectivity index (χ1n) is 3.40. The summed E-state index contributed by atoms with van der Waals surface area (Å²) < 4.78 is 0. The lowest BCUT2D eigenvalue weighted by Crippen LogP contribution is -2.05. The zero-order valence-electron chi connectivity index (χ0n) is 6.02. The lowest BCUT2D eigenvalue weighted by atomic mass is 10.1. The van der Waals surface area contributed by atoms with Crippen LogP contribution < -0.4 is 5.73 Å². The second-order valence-electron chi connectivity index (χ2n) is 3.42. The van der Waals surface area contributed by atoms with Crippen molar-refractivity contribution in [3.05, 3.63) is 0 Å². The van der Waals surface area contributed by atoms with Crippen molar-refractivity contribution >= 4 is 11.6 Å². The minimum atomic E-state index is 0.427. The lowest BCUT2D eigenvalue weighted by molar-refractivity contribution is 0.549. The van der Waals surface area contributed by atoms with Crippen LogP contribution in [0.1, 0.15) is 13.8 Å². The quantitative estimate of drug-likeness (QED) is 0.588. The molecule has 2 atom stereocenters. The Bertz CT molecular complexity index is 99.5. The number of nitrogens with two attached hydrogens (primary N) is 1. The summed E-state index contributed by atoms with van der Waals surface area (Å²) in [7, 11) is 0. The maximum absolute atomic E-state index is 5.70. The third-order valence-electron chi connectivity index (χ3n) is 2.71. The van der Waals surface area contributed by atoms with Crippen LogP contribution in [0.2, 0.25) is 0 Å². The van der Waals surface area contributed by atoms with Crippen LogP contribution in [0.15, 0.2) is 0 Å². The molecule has 0 radical (unpaired) electrons. The van der Waals surface area contributed by atoms with E-state index < -0.39 is 0 Å². The second-order valence-corrected chi connectivity index (χ2v) is 3.73. The third kappa shape index (κ3) is 0.968. The van der Waals surface area contributed by atoms with Gasteiger partial charge in [0.2, 0.25) is 0 Å². The number of rotatable bonds is 2. The van der Waals surface area contributed by atoms with Gasteiger partial charge < -0.3 is 5.73 Å². The molecule has 0 heterocycles. The van der Waals surface area contributed by atoms with Gasteiger partial charge in [0, 0.05) is 5.88 Å². The Labute approximate surface area is 61.6 Å². The fourth-order valence-electron chi connectivity index (χ4n) is 1.63. The SMILES string of the molecule is CC1(C)[C@H](CN)[C@@H]1CCl. The lowest BCUT2D eigenvalue weighted by Gasteiger charge is -1.97. The van der Waals surface area contributed by atoms with Crippen molar-refractivity contribution in [1.82, 2.24) is 0 Å². The van der Waals surface area contributed by atoms with E-state index in [4.69, 9.17) is 17.3 Å². The summed E-state index contributed by atoms with van der Waals surface area (Å²) in [6.07, 6.45) is 0. The van der Waals surface area contributed by atoms with E-state index in [1.54, 1.807) is 0 Å². The highest BCUT2D eigenvalue weighted by Crippen LogP contribution is 2.57. The summed E-state index contributed by atoms with van der Waals surface area (Å²) in [6, 6.07) is 0. The van der Waals surface area contributed by atoms with Crippen molar-refractivity contribution in [2.45, 2.75) is 13.8 Å². The molecule has 0 aromatic heterocycles. The number of halogens is 1. The molecule has 0 amide bonds. The Hall–Kier alpha value is 0.250. The van der Waals surface area contributed by atoms with Crippen LogP contribution in [0, 0.1) is 17.3 Å². The maximum atomic E-state index is 5.70. The fourth-order valence-corrected chi connectivity index (χ4v) is 2.24. The monoisotopic (exact) mass is 147 g/mol. The Balaban J connectivity index is 2.45. The Kier molecular flexibility index (Phi) is 1.75. The van der Waals surface area contributed by atoms with E-state index in [0.29, 0.717) is 17.3 Å². The molecule has 0 aliphatic heterocycles. The molecule has 0 spiro atoms. The molecule has 0 aromatic carbocycles. The van der Waals surface area contributed by atoms with E-state index >= 15 is 0 Å². The van der Waals surface area contributed by atoms with E-state index in [1.165, 1.54) is 0 Å². The predicted octanol–water partition coefficient (Wildman–Crippen LogP) is 1.46. The smallest absolute Gasteiger partial charge is 0.0260 e. The van der Waals surface area contributed by atoms with Crippen LogP contribution in [0.4, 0.5) is 0 Å². The van der Waals surface area contributed by atoms with Crippen molar-refractivity contribution in [2.24, 2.45) is 23.0 Å². The molecule has 1 saturated carbocycles. The molecule has 0 saturated heterocycles. The van der Waals surface area contributed by atoms with Gasteiger partial charge in [-0.2, -0.15) is 0 Å². The molecule has 0 aromatic rings. The van der Waals surface area contributed by atoms with E-state index in [0.717, 1.165) is 12.4 Å². The molecule has 0 unspecified atom stereocenters. The van der Waals surface area contributed by atoms with Gasteiger partial charge in [0.05, 0.1) is 0 Å². The van der Waals surface area contributed by atoms with Crippen LogP contribution in [-0.4, -0.2) is 12.4 Å². The highest BCUT2D eigenvalue weighted by molar-refractivity contribution is 6.18. The minimum Gasteiger partial charge on any atom is -0.330 e. The van der Waals surface area contributed by atoms with Crippen LogP contribution in [-0.2, 0) is 0 Å². The van der Waals surface area contributed by atoms with Crippen molar-refractivity contribution in [2.75, 3.05) is 12.4 Å². The van der Waals surface area contributed by atoms with E-state index in [-0.39, 0.29) is 0 Å². The van der Waals surface area contributed by atoms with Gasteiger partial charge in [-0.3, -0.25) is 0 Å². The molecule has 2 N–H and O–H groups in total. The topological polar surface area (TPSA) is 26.0 Å². The normalized spacial score (nSPS) is 38.7. The molecule has 1 aliphatic carbocycles. The Morgan fingerprint density at radius 3 is 2.11 bits per heavy atom. The van der Waals surface area contributed by atoms with Gasteiger partial charge >= 0.3 is 0 Å². The van der Waals surface area contributed by atoms with Gasteiger partial charge in [-0.1, -0.05) is 13.8 Å². The molecule has 0 bridgehead atoms. The molecule has 9 heavy (non-hydrogen) atoms. The van der Waals surface area contributed by atoms with E-state index in [9.17, 15) is 0 Å². The van der Waals surface area contributed by atoms with Gasteiger partial charge in [0.25, 0.3) is 0 Å². The number of alkyl halides is 1. The van der Waals surface area contributed by atoms with Crippen LogP contribution >= 0.6 is 11.6 Å². The van der Waals surface area contributed by atoms with Gasteiger partial charge in [0.15, 0.2) is 0 Å². The van der Waals surface area contributed by atoms with Gasteiger partial charge in [-0.25, -0.2) is 0 Å². The average molecular weight is 148 g/mol. The predicted molar refractivity (Wildman–Crippen MR) is 40.5 cm³/mol. The summed E-state index contributed by atoms with van der Waals surface area (Å²) in [6.45, 7) is 5.26. The largest absolute Gasteiger partial charge is 0.330 e. The second kappa shape index (κ2) is 2.14. The number of hydrogen-bond acceptors (Lipinski definition) is 1. The van der Waals surface area contributed by atoms with Crippen LogP contribution in [0.5, 0.6) is 0 Å². The summed E-state index contributed by atoms with van der Waals surface area (Å²) in [5.74, 6) is 2.12. The molecule has 1 aliphatic rings. The summed E-state index contributed by atoms with van der Waals surface area (Å²) in [5, 5.41) is 0. The van der Waals surface area contributed by atoms with Crippen molar-refractivity contribution < 1.29 is 0 Å². The fraction of sp³-hybridized carbons (Fsp3) is 1.00. The third-order valence-corrected chi connectivity index (χ3v) is 3.04. The molecule has 1 nitrogen and oxygen atoms in total. The summed E-state index contributed by atoms with van der Waals surface area (Å²) in [4.78, 5) is 0. The van der Waals surface area contributed by atoms with E-state index in [1.807, 2.05) is 0 Å². The minimum absolute atomic E-state index is 0.427. The highest BCUT2D eigenvalue weighted by Gasteiger charge is 2.55. The molecular weight excluding hydrogens is 134 g/mol. The van der Waals surface area contributed by atoms with Gasteiger partial charge in [-0.05, 0) is 23.8 Å². The zero-order chi connectivity index (χ0) is 7.07. The van der Waals surface area contributed by atoms with Gasteiger partial charge in [0.1, 0.15) is 0 Å². The van der Waals surface area contributed by atoms with Gasteiger partial charge in [-0.15, -0.1) is 11.6 Å². The van der Waals surface area contributed by atoms with Crippen molar-refractivity contribution in [3.8, 4) is 0 Å². The zero-order valence-corrected chi connectivity index (χ0v) is 6.78. The molecule has 1 fully saturated rings. The highest BCUT2D eigenvalue weighted by atomic mass is 35.5. The van der Waals surface area contributed by atoms with E-state index in [2.05, 4.69) is 13.8 Å². The van der Waals surface area contributed by atoms with Crippen LogP contribution in [0.25, 0.3) is 0 Å². The molecule has 1 rings (SSSR count). The first kappa shape index (κ1) is 7.36. The standard InChI is InChI=1S/C7H14ClN/c1-7(2)5(3-8)6(7)4-9/h5-6H,3-4,9H2,1-2H3/t5-,6+/m0/s1. The Morgan fingerprint density at radius 2 is 2.00 bits per heavy atom. The van der Waals surface area contributed by atoms with Crippen molar-refractivity contribution in [1.29, 1.82) is 0 Å². The molecular formula is C7H14ClN. The summed E-state index contributed by atoms with van der Waals surface area (Å²) >= 11 is 5.70. The Morgan fingerprint density at radius 1 is 1.44 bits per heavy atom. The summed E-state index contributed by atoms with van der Waals surface area (Å²) in [5.41, 5.74) is 5.94. The maximum Gasteiger partial charge on any atom is 0.0260 e. The first-order valence-corrected chi connectivity index (χ1v) is 3.94.